The molecule has 2 bridgehead atoms. The van der Waals surface area contributed by atoms with Crippen LogP contribution in [0.2, 0.25) is 0 Å². The predicted octanol–water partition coefficient (Wildman–Crippen LogP) is 2.62. The van der Waals surface area contributed by atoms with Gasteiger partial charge in [0.15, 0.2) is 0 Å². The zero-order valence-electron chi connectivity index (χ0n) is 15.4. The van der Waals surface area contributed by atoms with Gasteiger partial charge in [-0.1, -0.05) is 18.2 Å². The van der Waals surface area contributed by atoms with Crippen molar-refractivity contribution in [2.24, 2.45) is 5.92 Å². The Morgan fingerprint density at radius 2 is 1.96 bits per heavy atom. The molecular formula is C22H23N3O2. The van der Waals surface area contributed by atoms with Crippen molar-refractivity contribution >= 4 is 10.9 Å². The Kier molecular flexibility index (Phi) is 3.79. The van der Waals surface area contributed by atoms with Gasteiger partial charge in [-0.05, 0) is 48.4 Å². The van der Waals surface area contributed by atoms with Crippen LogP contribution in [-0.2, 0) is 13.1 Å². The number of H-pyrrole nitrogens is 1. The third-order valence-electron chi connectivity index (χ3n) is 6.03. The van der Waals surface area contributed by atoms with Crippen LogP contribution in [0.25, 0.3) is 10.9 Å². The van der Waals surface area contributed by atoms with Gasteiger partial charge in [-0.15, -0.1) is 0 Å². The molecule has 27 heavy (non-hydrogen) atoms. The van der Waals surface area contributed by atoms with E-state index < -0.39 is 0 Å². The Morgan fingerprint density at radius 1 is 1.07 bits per heavy atom. The highest BCUT2D eigenvalue weighted by Gasteiger charge is 2.34. The number of benzene rings is 1. The number of aromatic amines is 1. The third kappa shape index (κ3) is 2.92. The quantitative estimate of drug-likeness (QED) is 0.763. The molecule has 0 radical (unpaired) electrons. The summed E-state index contributed by atoms with van der Waals surface area (Å²) in [6, 6.07) is 13.8. The van der Waals surface area contributed by atoms with Crippen LogP contribution in [0.3, 0.4) is 0 Å². The second-order valence-electron chi connectivity index (χ2n) is 8.11. The highest BCUT2D eigenvalue weighted by Crippen LogP contribution is 2.35. The zero-order chi connectivity index (χ0) is 18.5. The van der Waals surface area contributed by atoms with Crippen LogP contribution in [0.15, 0.2) is 52.1 Å². The molecule has 2 aliphatic heterocycles. The normalized spacial score (nSPS) is 22.0. The van der Waals surface area contributed by atoms with Crippen molar-refractivity contribution in [3.8, 4) is 0 Å². The number of pyridine rings is 2. The average Bonchev–Trinajstić information content (AvgIpc) is 2.63. The lowest BCUT2D eigenvalue weighted by Gasteiger charge is -2.42. The molecule has 138 valence electrons. The minimum atomic E-state index is 0.000419. The van der Waals surface area contributed by atoms with Crippen LogP contribution in [-0.4, -0.2) is 27.5 Å². The topological polar surface area (TPSA) is 58.1 Å². The van der Waals surface area contributed by atoms with Gasteiger partial charge in [0.2, 0.25) is 0 Å². The molecule has 0 unspecified atom stereocenters. The molecule has 2 aromatic heterocycles. The molecule has 3 aromatic rings. The van der Waals surface area contributed by atoms with Gasteiger partial charge >= 0.3 is 0 Å². The summed E-state index contributed by atoms with van der Waals surface area (Å²) >= 11 is 0. The van der Waals surface area contributed by atoms with E-state index in [9.17, 15) is 9.59 Å². The van der Waals surface area contributed by atoms with Crippen molar-refractivity contribution in [3.05, 3.63) is 80.0 Å². The number of nitrogens with zero attached hydrogens (tertiary/aromatic N) is 2. The fourth-order valence-corrected chi connectivity index (χ4v) is 4.84. The third-order valence-corrected chi connectivity index (χ3v) is 6.03. The lowest BCUT2D eigenvalue weighted by Crippen LogP contribution is -2.47. The minimum absolute atomic E-state index is 0.000419. The molecular weight excluding hydrogens is 338 g/mol. The van der Waals surface area contributed by atoms with Crippen molar-refractivity contribution in [2.45, 2.75) is 32.4 Å². The number of hydrogen-bond donors (Lipinski definition) is 1. The molecule has 0 saturated carbocycles. The Bertz CT molecular complexity index is 1140. The number of fused-ring (bicyclic) bond motifs is 5. The maximum Gasteiger partial charge on any atom is 0.252 e. The van der Waals surface area contributed by atoms with Gasteiger partial charge in [-0.2, -0.15) is 0 Å². The number of piperidine rings is 1. The predicted molar refractivity (Wildman–Crippen MR) is 106 cm³/mol. The van der Waals surface area contributed by atoms with E-state index in [1.807, 2.05) is 29.7 Å². The molecule has 2 aliphatic rings. The number of aromatic nitrogens is 2. The largest absolute Gasteiger partial charge is 0.322 e. The second-order valence-corrected chi connectivity index (χ2v) is 8.11. The molecule has 0 spiro atoms. The fraction of sp³-hybridized carbons (Fsp3) is 0.364. The second kappa shape index (κ2) is 6.20. The van der Waals surface area contributed by atoms with Crippen LogP contribution >= 0.6 is 0 Å². The van der Waals surface area contributed by atoms with Gasteiger partial charge in [0.05, 0.1) is 0 Å². The summed E-state index contributed by atoms with van der Waals surface area (Å²) in [7, 11) is 0. The maximum atomic E-state index is 12.6. The van der Waals surface area contributed by atoms with E-state index in [1.54, 1.807) is 6.07 Å². The monoisotopic (exact) mass is 361 g/mol. The van der Waals surface area contributed by atoms with E-state index in [0.29, 0.717) is 18.4 Å². The first kappa shape index (κ1) is 16.5. The first-order valence-electron chi connectivity index (χ1n) is 9.61. The molecule has 1 N–H and O–H groups in total. The summed E-state index contributed by atoms with van der Waals surface area (Å²) in [5.41, 5.74) is 4.11. The van der Waals surface area contributed by atoms with E-state index >= 15 is 0 Å². The van der Waals surface area contributed by atoms with E-state index in [1.165, 1.54) is 0 Å². The van der Waals surface area contributed by atoms with E-state index in [4.69, 9.17) is 0 Å². The molecule has 1 fully saturated rings. The standard InChI is InChI=1S/C22H23N3O2/c1-14-5-6-16-9-18(22(27)23-19(16)7-14)13-24-10-15-8-17(12-24)20-3-2-4-21(26)25(20)11-15/h2-7,9,15,17H,8,10-13H2,1H3,(H,23,27)/t15-,17+/m1/s1. The van der Waals surface area contributed by atoms with Gasteiger partial charge in [0.1, 0.15) is 0 Å². The van der Waals surface area contributed by atoms with Crippen molar-refractivity contribution in [2.75, 3.05) is 13.1 Å². The van der Waals surface area contributed by atoms with Gasteiger partial charge in [-0.3, -0.25) is 14.5 Å². The lowest BCUT2D eigenvalue weighted by molar-refractivity contribution is 0.114. The molecule has 1 aromatic carbocycles. The number of likely N-dealkylation sites (tertiary alicyclic amines) is 1. The first-order valence-corrected chi connectivity index (χ1v) is 9.61. The number of nitrogens with one attached hydrogen (secondary N) is 1. The summed E-state index contributed by atoms with van der Waals surface area (Å²) in [6.07, 6.45) is 1.13. The van der Waals surface area contributed by atoms with Crippen molar-refractivity contribution in [3.63, 3.8) is 0 Å². The van der Waals surface area contributed by atoms with Gasteiger partial charge in [0, 0.05) is 54.9 Å². The Hall–Kier alpha value is -2.66. The SMILES string of the molecule is Cc1ccc2cc(CN3C[C@H]4C[C@@H](C3)c3cccc(=O)n3C4)c(=O)[nH]c2c1. The number of rotatable bonds is 2. The summed E-state index contributed by atoms with van der Waals surface area (Å²) in [4.78, 5) is 30.2. The van der Waals surface area contributed by atoms with Crippen molar-refractivity contribution < 1.29 is 0 Å². The number of aryl methyl sites for hydroxylation is 1. The Balaban J connectivity index is 1.44. The summed E-state index contributed by atoms with van der Waals surface area (Å²) in [5, 5.41) is 1.07. The highest BCUT2D eigenvalue weighted by molar-refractivity contribution is 5.79. The highest BCUT2D eigenvalue weighted by atomic mass is 16.1. The Labute approximate surface area is 157 Å². The van der Waals surface area contributed by atoms with Crippen LogP contribution in [0.1, 0.15) is 29.2 Å². The van der Waals surface area contributed by atoms with Gasteiger partial charge in [-0.25, -0.2) is 0 Å². The maximum absolute atomic E-state index is 12.6. The Morgan fingerprint density at radius 3 is 2.85 bits per heavy atom. The van der Waals surface area contributed by atoms with Crippen LogP contribution < -0.4 is 11.1 Å². The zero-order valence-corrected chi connectivity index (χ0v) is 15.4. The fourth-order valence-electron chi connectivity index (χ4n) is 4.84. The summed E-state index contributed by atoms with van der Waals surface area (Å²) in [6.45, 7) is 5.30. The molecule has 1 saturated heterocycles. The summed E-state index contributed by atoms with van der Waals surface area (Å²) in [5.74, 6) is 0.840. The van der Waals surface area contributed by atoms with Crippen LogP contribution in [0.5, 0.6) is 0 Å². The van der Waals surface area contributed by atoms with Crippen LogP contribution in [0.4, 0.5) is 0 Å². The summed E-state index contributed by atoms with van der Waals surface area (Å²) < 4.78 is 1.95. The van der Waals surface area contributed by atoms with E-state index in [-0.39, 0.29) is 11.1 Å². The molecule has 5 heteroatoms. The smallest absolute Gasteiger partial charge is 0.252 e. The molecule has 0 amide bonds. The molecule has 2 atom stereocenters. The van der Waals surface area contributed by atoms with Gasteiger partial charge < -0.3 is 9.55 Å². The van der Waals surface area contributed by atoms with Crippen molar-refractivity contribution in [1.29, 1.82) is 0 Å². The minimum Gasteiger partial charge on any atom is -0.322 e. The molecule has 0 aliphatic carbocycles. The van der Waals surface area contributed by atoms with Crippen molar-refractivity contribution in [1.82, 2.24) is 14.5 Å². The first-order chi connectivity index (χ1) is 13.1. The average molecular weight is 361 g/mol. The molecule has 5 nitrogen and oxygen atoms in total. The molecule has 5 rings (SSSR count). The van der Waals surface area contributed by atoms with Crippen LogP contribution in [0, 0.1) is 12.8 Å². The lowest BCUT2D eigenvalue weighted by atomic mass is 9.83. The van der Waals surface area contributed by atoms with E-state index in [0.717, 1.165) is 53.8 Å². The molecule has 4 heterocycles. The number of hydrogen-bond acceptors (Lipinski definition) is 3. The van der Waals surface area contributed by atoms with Gasteiger partial charge in [0.25, 0.3) is 11.1 Å². The van der Waals surface area contributed by atoms with E-state index in [2.05, 4.69) is 28.1 Å².